The van der Waals surface area contributed by atoms with E-state index in [1.54, 1.807) is 0 Å². The standard InChI is InChI=1S/C15H20N2O2/c18-9-14(10-4-2-1-3-5-10)17-15(19)12-8-11-6-7-13(12)16-11/h1-5,11-14,16,18H,6-9H2,(H,17,19)/t11?,12?,13?,14-/m0/s1. The first kappa shape index (κ1) is 12.6. The van der Waals surface area contributed by atoms with Gasteiger partial charge in [0.15, 0.2) is 0 Å². The maximum atomic E-state index is 12.3. The molecule has 0 radical (unpaired) electrons. The normalized spacial score (nSPS) is 30.3. The van der Waals surface area contributed by atoms with Gasteiger partial charge in [-0.05, 0) is 24.8 Å². The Balaban J connectivity index is 1.65. The van der Waals surface area contributed by atoms with E-state index in [9.17, 15) is 9.90 Å². The van der Waals surface area contributed by atoms with Crippen LogP contribution in [-0.4, -0.2) is 29.7 Å². The molecule has 2 aliphatic rings. The molecule has 3 unspecified atom stereocenters. The van der Waals surface area contributed by atoms with Crippen LogP contribution in [0.2, 0.25) is 0 Å². The molecule has 2 fully saturated rings. The molecule has 2 heterocycles. The zero-order valence-corrected chi connectivity index (χ0v) is 10.9. The lowest BCUT2D eigenvalue weighted by Gasteiger charge is -2.23. The molecule has 3 rings (SSSR count). The number of carbonyl (C=O) groups is 1. The lowest BCUT2D eigenvalue weighted by Crippen LogP contribution is -2.40. The molecule has 0 aliphatic carbocycles. The van der Waals surface area contributed by atoms with Gasteiger partial charge in [-0.15, -0.1) is 0 Å². The Morgan fingerprint density at radius 3 is 2.74 bits per heavy atom. The van der Waals surface area contributed by atoms with Crippen molar-refractivity contribution in [2.75, 3.05) is 6.61 Å². The van der Waals surface area contributed by atoms with Gasteiger partial charge in [0.2, 0.25) is 5.91 Å². The summed E-state index contributed by atoms with van der Waals surface area (Å²) in [6, 6.07) is 10.2. The fourth-order valence-corrected chi connectivity index (χ4v) is 3.31. The van der Waals surface area contributed by atoms with Gasteiger partial charge in [-0.1, -0.05) is 30.3 Å². The van der Waals surface area contributed by atoms with Crippen LogP contribution in [0.25, 0.3) is 0 Å². The molecule has 4 atom stereocenters. The monoisotopic (exact) mass is 260 g/mol. The van der Waals surface area contributed by atoms with E-state index in [-0.39, 0.29) is 24.5 Å². The van der Waals surface area contributed by atoms with E-state index in [4.69, 9.17) is 0 Å². The number of carbonyl (C=O) groups excluding carboxylic acids is 1. The van der Waals surface area contributed by atoms with Gasteiger partial charge >= 0.3 is 0 Å². The van der Waals surface area contributed by atoms with Crippen molar-refractivity contribution in [3.8, 4) is 0 Å². The van der Waals surface area contributed by atoms with Gasteiger partial charge in [0.05, 0.1) is 18.6 Å². The number of aliphatic hydroxyl groups excluding tert-OH is 1. The summed E-state index contributed by atoms with van der Waals surface area (Å²) in [5.74, 6) is 0.138. The van der Waals surface area contributed by atoms with Gasteiger partial charge in [-0.2, -0.15) is 0 Å². The van der Waals surface area contributed by atoms with Crippen LogP contribution in [0.15, 0.2) is 30.3 Å². The number of benzene rings is 1. The van der Waals surface area contributed by atoms with Gasteiger partial charge < -0.3 is 15.7 Å². The van der Waals surface area contributed by atoms with E-state index in [1.807, 2.05) is 30.3 Å². The minimum absolute atomic E-state index is 0.0655. The van der Waals surface area contributed by atoms with Crippen molar-refractivity contribution in [2.24, 2.45) is 5.92 Å². The highest BCUT2D eigenvalue weighted by Gasteiger charge is 2.43. The number of aliphatic hydroxyl groups is 1. The molecular weight excluding hydrogens is 240 g/mol. The second kappa shape index (κ2) is 5.31. The summed E-state index contributed by atoms with van der Waals surface area (Å²) >= 11 is 0. The summed E-state index contributed by atoms with van der Waals surface area (Å²) in [5, 5.41) is 15.9. The van der Waals surface area contributed by atoms with Crippen LogP contribution in [0.1, 0.15) is 30.9 Å². The van der Waals surface area contributed by atoms with Crippen LogP contribution in [-0.2, 0) is 4.79 Å². The van der Waals surface area contributed by atoms with Crippen molar-refractivity contribution < 1.29 is 9.90 Å². The topological polar surface area (TPSA) is 61.4 Å². The van der Waals surface area contributed by atoms with E-state index >= 15 is 0 Å². The summed E-state index contributed by atoms with van der Waals surface area (Å²) < 4.78 is 0. The van der Waals surface area contributed by atoms with Gasteiger partial charge in [0.25, 0.3) is 0 Å². The number of hydrogen-bond donors (Lipinski definition) is 3. The average Bonchev–Trinajstić information content (AvgIpc) is 3.08. The van der Waals surface area contributed by atoms with Crippen molar-refractivity contribution in [1.29, 1.82) is 0 Å². The molecular formula is C15H20N2O2. The fraction of sp³-hybridized carbons (Fsp3) is 0.533. The Morgan fingerprint density at radius 1 is 1.37 bits per heavy atom. The predicted molar refractivity (Wildman–Crippen MR) is 72.5 cm³/mol. The van der Waals surface area contributed by atoms with Crippen molar-refractivity contribution >= 4 is 5.91 Å². The summed E-state index contributed by atoms with van der Waals surface area (Å²) in [5.41, 5.74) is 0.953. The highest BCUT2D eigenvalue weighted by molar-refractivity contribution is 5.80. The first-order valence-electron chi connectivity index (χ1n) is 7.00. The lowest BCUT2D eigenvalue weighted by molar-refractivity contribution is -0.126. The quantitative estimate of drug-likeness (QED) is 0.756. The summed E-state index contributed by atoms with van der Waals surface area (Å²) in [4.78, 5) is 12.3. The molecule has 3 N–H and O–H groups in total. The number of fused-ring (bicyclic) bond motifs is 2. The molecule has 1 amide bonds. The summed E-state index contributed by atoms with van der Waals surface area (Å²) in [6.07, 6.45) is 3.22. The molecule has 19 heavy (non-hydrogen) atoms. The van der Waals surface area contributed by atoms with Gasteiger partial charge in [-0.25, -0.2) is 0 Å². The molecule has 2 bridgehead atoms. The predicted octanol–water partition coefficient (Wildman–Crippen LogP) is 0.977. The number of amides is 1. The second-order valence-electron chi connectivity index (χ2n) is 5.54. The third-order valence-electron chi connectivity index (χ3n) is 4.34. The van der Waals surface area contributed by atoms with E-state index in [2.05, 4.69) is 10.6 Å². The summed E-state index contributed by atoms with van der Waals surface area (Å²) in [7, 11) is 0. The average molecular weight is 260 g/mol. The number of rotatable bonds is 4. The fourth-order valence-electron chi connectivity index (χ4n) is 3.31. The Labute approximate surface area is 113 Å². The van der Waals surface area contributed by atoms with Crippen LogP contribution in [0.5, 0.6) is 0 Å². The Bertz CT molecular complexity index is 449. The highest BCUT2D eigenvalue weighted by Crippen LogP contribution is 2.33. The Kier molecular flexibility index (Phi) is 3.53. The van der Waals surface area contributed by atoms with Gasteiger partial charge in [0.1, 0.15) is 0 Å². The molecule has 2 saturated heterocycles. The zero-order valence-electron chi connectivity index (χ0n) is 10.9. The van der Waals surface area contributed by atoms with Gasteiger partial charge in [-0.3, -0.25) is 4.79 Å². The van der Waals surface area contributed by atoms with Crippen molar-refractivity contribution in [1.82, 2.24) is 10.6 Å². The van der Waals surface area contributed by atoms with Crippen LogP contribution in [0.4, 0.5) is 0 Å². The maximum absolute atomic E-state index is 12.3. The molecule has 1 aromatic carbocycles. The minimum Gasteiger partial charge on any atom is -0.394 e. The smallest absolute Gasteiger partial charge is 0.225 e. The van der Waals surface area contributed by atoms with Gasteiger partial charge in [0, 0.05) is 12.1 Å². The lowest BCUT2D eigenvalue weighted by atomic mass is 9.88. The molecule has 102 valence electrons. The highest BCUT2D eigenvalue weighted by atomic mass is 16.3. The molecule has 1 aromatic rings. The van der Waals surface area contributed by atoms with Crippen LogP contribution < -0.4 is 10.6 Å². The molecule has 0 spiro atoms. The van der Waals surface area contributed by atoms with Crippen molar-refractivity contribution in [2.45, 2.75) is 37.4 Å². The molecule has 4 heteroatoms. The van der Waals surface area contributed by atoms with Crippen LogP contribution in [0.3, 0.4) is 0 Å². The second-order valence-corrected chi connectivity index (χ2v) is 5.54. The SMILES string of the molecule is O=C(N[C@@H](CO)c1ccccc1)C1CC2CCC1N2. The molecule has 4 nitrogen and oxygen atoms in total. The van der Waals surface area contributed by atoms with E-state index in [1.165, 1.54) is 6.42 Å². The first-order chi connectivity index (χ1) is 9.28. The summed E-state index contributed by atoms with van der Waals surface area (Å²) in [6.45, 7) is -0.0655. The third kappa shape index (κ3) is 2.51. The van der Waals surface area contributed by atoms with E-state index < -0.39 is 0 Å². The molecule has 0 saturated carbocycles. The van der Waals surface area contributed by atoms with Crippen molar-refractivity contribution in [3.63, 3.8) is 0 Å². The number of hydrogen-bond acceptors (Lipinski definition) is 3. The maximum Gasteiger partial charge on any atom is 0.225 e. The Hall–Kier alpha value is -1.39. The molecule has 0 aromatic heterocycles. The Morgan fingerprint density at radius 2 is 2.16 bits per heavy atom. The third-order valence-corrected chi connectivity index (χ3v) is 4.34. The number of nitrogens with one attached hydrogen (secondary N) is 2. The van der Waals surface area contributed by atoms with Crippen LogP contribution >= 0.6 is 0 Å². The largest absolute Gasteiger partial charge is 0.394 e. The van der Waals surface area contributed by atoms with E-state index in [0.29, 0.717) is 12.1 Å². The first-order valence-corrected chi connectivity index (χ1v) is 7.00. The minimum atomic E-state index is -0.298. The van der Waals surface area contributed by atoms with E-state index in [0.717, 1.165) is 18.4 Å². The van der Waals surface area contributed by atoms with Crippen molar-refractivity contribution in [3.05, 3.63) is 35.9 Å². The zero-order chi connectivity index (χ0) is 13.2. The molecule has 2 aliphatic heterocycles. The van der Waals surface area contributed by atoms with Crippen LogP contribution in [0, 0.1) is 5.92 Å².